The number of hydrogen-bond acceptors (Lipinski definition) is 4. The van der Waals surface area contributed by atoms with E-state index < -0.39 is 10.2 Å². The monoisotopic (exact) mass is 339 g/mol. The fraction of sp³-hybridized carbons (Fsp3) is 0.143. The van der Waals surface area contributed by atoms with E-state index in [2.05, 4.69) is 5.29 Å². The summed E-state index contributed by atoms with van der Waals surface area (Å²) in [7, 11) is -4.18. The molecule has 0 amide bonds. The molecule has 0 saturated carbocycles. The number of alkyl halides is 1. The van der Waals surface area contributed by atoms with E-state index in [9.17, 15) is 13.3 Å². The van der Waals surface area contributed by atoms with Gasteiger partial charge in [-0.1, -0.05) is 36.4 Å². The molecule has 2 aromatic rings. The molecule has 0 aliphatic carbocycles. The van der Waals surface area contributed by atoms with Crippen LogP contribution in [0.2, 0.25) is 0 Å². The Balaban J connectivity index is 2.56. The minimum absolute atomic E-state index is 0.0393. The maximum absolute atomic E-state index is 12.8. The Hall–Kier alpha value is -2.12. The highest BCUT2D eigenvalue weighted by Crippen LogP contribution is 2.30. The van der Waals surface area contributed by atoms with Crippen molar-refractivity contribution in [1.29, 1.82) is 0 Å². The zero-order valence-electron chi connectivity index (χ0n) is 11.5. The van der Waals surface area contributed by atoms with Gasteiger partial charge in [0.2, 0.25) is 0 Å². The molecule has 0 radical (unpaired) electrons. The second-order valence-corrected chi connectivity index (χ2v) is 6.32. The Labute approximate surface area is 134 Å². The zero-order valence-corrected chi connectivity index (χ0v) is 13.1. The molecule has 22 heavy (non-hydrogen) atoms. The highest BCUT2D eigenvalue weighted by molar-refractivity contribution is 7.90. The lowest BCUT2D eigenvalue weighted by atomic mass is 10.3. The van der Waals surface area contributed by atoms with Gasteiger partial charge in [-0.15, -0.1) is 20.9 Å². The van der Waals surface area contributed by atoms with Crippen LogP contribution in [-0.2, 0) is 10.2 Å². The van der Waals surface area contributed by atoms with Crippen LogP contribution in [0.25, 0.3) is 0 Å². The quantitative estimate of drug-likeness (QED) is 0.441. The van der Waals surface area contributed by atoms with Gasteiger partial charge in [-0.25, -0.2) is 4.31 Å². The fourth-order valence-corrected chi connectivity index (χ4v) is 3.54. The van der Waals surface area contributed by atoms with E-state index in [0.29, 0.717) is 15.8 Å². The van der Waals surface area contributed by atoms with Gasteiger partial charge >= 0.3 is 10.2 Å². The first kappa shape index (κ1) is 16.3. The molecule has 116 valence electrons. The molecule has 0 aromatic heterocycles. The molecule has 0 N–H and O–H groups in total. The Kier molecular flexibility index (Phi) is 5.35. The van der Waals surface area contributed by atoms with Gasteiger partial charge in [-0.3, -0.25) is 0 Å². The van der Waals surface area contributed by atoms with Gasteiger partial charge in [0, 0.05) is 5.88 Å². The molecule has 0 spiro atoms. The van der Waals surface area contributed by atoms with E-state index in [1.807, 2.05) is 0 Å². The van der Waals surface area contributed by atoms with Crippen molar-refractivity contribution < 1.29 is 8.42 Å². The summed E-state index contributed by atoms with van der Waals surface area (Å²) in [5.74, 6) is -0.0393. The number of nitroso groups, excluding NO2 is 1. The molecule has 0 unspecified atom stereocenters. The maximum atomic E-state index is 12.8. The van der Waals surface area contributed by atoms with E-state index in [1.54, 1.807) is 60.7 Å². The van der Waals surface area contributed by atoms with Gasteiger partial charge < -0.3 is 0 Å². The number of para-hydroxylation sites is 2. The van der Waals surface area contributed by atoms with Gasteiger partial charge in [0.15, 0.2) is 0 Å². The molecule has 2 rings (SSSR count). The van der Waals surface area contributed by atoms with E-state index in [4.69, 9.17) is 11.6 Å². The average Bonchev–Trinajstić information content (AvgIpc) is 2.54. The lowest BCUT2D eigenvalue weighted by Gasteiger charge is -2.27. The molecular weight excluding hydrogens is 326 g/mol. The van der Waals surface area contributed by atoms with Crippen molar-refractivity contribution >= 4 is 33.2 Å². The van der Waals surface area contributed by atoms with Crippen molar-refractivity contribution in [2.45, 2.75) is 0 Å². The number of anilines is 2. The van der Waals surface area contributed by atoms with E-state index in [0.717, 1.165) is 4.31 Å². The minimum Gasteiger partial charge on any atom is -0.220 e. The molecule has 6 nitrogen and oxygen atoms in total. The summed E-state index contributed by atoms with van der Waals surface area (Å²) >= 11 is 5.55. The largest absolute Gasteiger partial charge is 0.348 e. The number of halogens is 1. The summed E-state index contributed by atoms with van der Waals surface area (Å²) in [4.78, 5) is 10.9. The van der Waals surface area contributed by atoms with Crippen LogP contribution in [0.4, 0.5) is 11.4 Å². The van der Waals surface area contributed by atoms with Crippen LogP contribution in [0.5, 0.6) is 0 Å². The topological polar surface area (TPSA) is 70.0 Å². The van der Waals surface area contributed by atoms with Crippen molar-refractivity contribution in [3.8, 4) is 0 Å². The third kappa shape index (κ3) is 3.37. The lowest BCUT2D eigenvalue weighted by molar-refractivity contribution is 0.445. The molecular formula is C14H14ClN3O3S. The van der Waals surface area contributed by atoms with Crippen LogP contribution in [0, 0.1) is 4.91 Å². The molecule has 0 fully saturated rings. The second-order valence-electron chi connectivity index (χ2n) is 4.26. The number of rotatable bonds is 7. The van der Waals surface area contributed by atoms with Crippen molar-refractivity contribution in [3.05, 3.63) is 65.6 Å². The fourth-order valence-electron chi connectivity index (χ4n) is 1.91. The third-order valence-corrected chi connectivity index (χ3v) is 4.68. The van der Waals surface area contributed by atoms with Crippen LogP contribution in [-0.4, -0.2) is 25.3 Å². The summed E-state index contributed by atoms with van der Waals surface area (Å²) in [6, 6.07) is 16.9. The van der Waals surface area contributed by atoms with Crippen LogP contribution >= 0.6 is 11.6 Å². The van der Waals surface area contributed by atoms with Gasteiger partial charge in [-0.2, -0.15) is 8.42 Å². The molecule has 0 atom stereocenters. The Morgan fingerprint density at radius 2 is 1.36 bits per heavy atom. The number of benzene rings is 2. The van der Waals surface area contributed by atoms with Crippen LogP contribution in [0.3, 0.4) is 0 Å². The van der Waals surface area contributed by atoms with Gasteiger partial charge in [0.25, 0.3) is 0 Å². The number of nitrogens with zero attached hydrogens (tertiary/aromatic N) is 3. The summed E-state index contributed by atoms with van der Waals surface area (Å²) in [5, 5.41) is 2.59. The van der Waals surface area contributed by atoms with Gasteiger partial charge in [-0.05, 0) is 24.3 Å². The summed E-state index contributed by atoms with van der Waals surface area (Å²) in [6.45, 7) is -0.205. The molecule has 0 aliphatic rings. The Morgan fingerprint density at radius 1 is 0.909 bits per heavy atom. The Morgan fingerprint density at radius 3 is 1.73 bits per heavy atom. The molecule has 2 aromatic carbocycles. The van der Waals surface area contributed by atoms with Crippen molar-refractivity contribution in [2.24, 2.45) is 5.29 Å². The summed E-state index contributed by atoms with van der Waals surface area (Å²) in [6.07, 6.45) is 0. The molecule has 0 bridgehead atoms. The first-order valence-corrected chi connectivity index (χ1v) is 8.36. The van der Waals surface area contributed by atoms with E-state index in [-0.39, 0.29) is 12.4 Å². The normalized spacial score (nSPS) is 11.0. The van der Waals surface area contributed by atoms with Crippen LogP contribution < -0.4 is 4.31 Å². The van der Waals surface area contributed by atoms with Gasteiger partial charge in [0.05, 0.1) is 23.2 Å². The molecule has 0 saturated heterocycles. The smallest absolute Gasteiger partial charge is 0.220 e. The zero-order chi connectivity index (χ0) is 16.0. The van der Waals surface area contributed by atoms with Crippen LogP contribution in [0.1, 0.15) is 0 Å². The Bertz CT molecular complexity index is 671. The average molecular weight is 340 g/mol. The predicted molar refractivity (Wildman–Crippen MR) is 87.2 cm³/mol. The third-order valence-electron chi connectivity index (χ3n) is 2.85. The molecule has 0 aliphatic heterocycles. The van der Waals surface area contributed by atoms with Gasteiger partial charge in [0.1, 0.15) is 0 Å². The minimum atomic E-state index is -4.18. The van der Waals surface area contributed by atoms with Crippen molar-refractivity contribution in [2.75, 3.05) is 16.7 Å². The number of hydrogen-bond donors (Lipinski definition) is 0. The van der Waals surface area contributed by atoms with Crippen LogP contribution in [0.15, 0.2) is 65.9 Å². The summed E-state index contributed by atoms with van der Waals surface area (Å²) in [5.41, 5.74) is 0.800. The first-order valence-electron chi connectivity index (χ1n) is 6.43. The molecule has 0 heterocycles. The van der Waals surface area contributed by atoms with Crippen molar-refractivity contribution in [1.82, 2.24) is 4.41 Å². The maximum Gasteiger partial charge on any atom is 0.348 e. The SMILES string of the molecule is O=NN(CCCl)S(=O)(=O)N(c1ccccc1)c1ccccc1. The first-order chi connectivity index (χ1) is 10.6. The molecule has 8 heteroatoms. The summed E-state index contributed by atoms with van der Waals surface area (Å²) < 4.78 is 27.0. The van der Waals surface area contributed by atoms with Crippen molar-refractivity contribution in [3.63, 3.8) is 0 Å². The highest BCUT2D eigenvalue weighted by Gasteiger charge is 2.31. The standard InChI is InChI=1S/C14H14ClN3O3S/c15-11-12-17(16-19)22(20,21)18(13-7-3-1-4-8-13)14-9-5-2-6-10-14/h1-10H,11-12H2. The predicted octanol–water partition coefficient (Wildman–Crippen LogP) is 3.29. The highest BCUT2D eigenvalue weighted by atomic mass is 35.5. The van der Waals surface area contributed by atoms with E-state index >= 15 is 0 Å². The lowest BCUT2D eigenvalue weighted by Crippen LogP contribution is -2.39. The van der Waals surface area contributed by atoms with E-state index in [1.165, 1.54) is 0 Å². The second kappa shape index (κ2) is 7.24.